The van der Waals surface area contributed by atoms with Gasteiger partial charge in [-0.25, -0.2) is 0 Å². The molecule has 0 saturated carbocycles. The van der Waals surface area contributed by atoms with E-state index in [1.165, 1.54) is 44.7 Å². The number of amides is 1. The van der Waals surface area contributed by atoms with Gasteiger partial charge >= 0.3 is 5.97 Å². The number of nitrogens with zero attached hydrogens (tertiary/aromatic N) is 1. The van der Waals surface area contributed by atoms with Crippen molar-refractivity contribution in [2.24, 2.45) is 0 Å². The van der Waals surface area contributed by atoms with E-state index in [0.717, 1.165) is 44.9 Å². The highest BCUT2D eigenvalue weighted by Crippen LogP contribution is 2.38. The Balaban J connectivity index is 0.919. The van der Waals surface area contributed by atoms with Crippen LogP contribution in [0.2, 0.25) is 0 Å². The van der Waals surface area contributed by atoms with Crippen LogP contribution >= 0.6 is 0 Å². The largest absolute Gasteiger partial charge is 0.461 e. The lowest BCUT2D eigenvalue weighted by molar-refractivity contribution is -0.143. The minimum Gasteiger partial charge on any atom is -0.461 e. The van der Waals surface area contributed by atoms with Crippen LogP contribution in [0, 0.1) is 0 Å². The lowest BCUT2D eigenvalue weighted by Gasteiger charge is -2.26. The summed E-state index contributed by atoms with van der Waals surface area (Å²) in [4.78, 5) is 26.4. The molecular formula is C59H46N2O3. The zero-order chi connectivity index (χ0) is 43.7. The molecule has 0 saturated heterocycles. The first kappa shape index (κ1) is 41.1. The van der Waals surface area contributed by atoms with Gasteiger partial charge in [0.1, 0.15) is 6.61 Å². The number of esters is 1. The molecule has 9 rings (SSSR count). The summed E-state index contributed by atoms with van der Waals surface area (Å²) >= 11 is 0. The summed E-state index contributed by atoms with van der Waals surface area (Å²) in [6, 6.07) is 77.0. The maximum Gasteiger partial charge on any atom is 0.306 e. The number of hydrogen-bond donors (Lipinski definition) is 1. The molecule has 1 N–H and O–H groups in total. The second kappa shape index (κ2) is 19.2. The fourth-order valence-electron chi connectivity index (χ4n) is 7.97. The van der Waals surface area contributed by atoms with E-state index in [9.17, 15) is 9.59 Å². The Morgan fingerprint density at radius 2 is 0.797 bits per heavy atom. The van der Waals surface area contributed by atoms with E-state index in [1.807, 2.05) is 30.3 Å². The van der Waals surface area contributed by atoms with Gasteiger partial charge in [0.15, 0.2) is 0 Å². The number of carbonyl (C=O) groups excluding carboxylic acids is 2. The minimum atomic E-state index is -0.422. The number of ether oxygens (including phenoxy) is 1. The van der Waals surface area contributed by atoms with E-state index in [-0.39, 0.29) is 25.4 Å². The second-order valence-electron chi connectivity index (χ2n) is 15.7. The fourth-order valence-corrected chi connectivity index (χ4v) is 7.97. The number of hydrogen-bond acceptors (Lipinski definition) is 4. The SMILES string of the molecule is C=CCOC(=O)CCC(=O)Nc1ccc(-c2ccc(-c3ccc(N(c4ccc(-c5ccccc5)cc4)c4ccc(-c5ccc(-c6ccc7ccccc7c6)cc5)cc4)cc3)cc2)cc1. The highest BCUT2D eigenvalue weighted by Gasteiger charge is 2.15. The van der Waals surface area contributed by atoms with Crippen molar-refractivity contribution in [3.05, 3.63) is 231 Å². The first-order chi connectivity index (χ1) is 31.5. The van der Waals surface area contributed by atoms with Crippen LogP contribution in [-0.2, 0) is 14.3 Å². The number of fused-ring (bicyclic) bond motifs is 1. The number of benzene rings is 9. The summed E-state index contributed by atoms with van der Waals surface area (Å²) in [7, 11) is 0. The van der Waals surface area contributed by atoms with Gasteiger partial charge in [-0.3, -0.25) is 9.59 Å². The van der Waals surface area contributed by atoms with Gasteiger partial charge in [-0.1, -0.05) is 176 Å². The van der Waals surface area contributed by atoms with Crippen molar-refractivity contribution in [2.75, 3.05) is 16.8 Å². The fraction of sp³-hybridized carbons (Fsp3) is 0.0508. The molecule has 310 valence electrons. The van der Waals surface area contributed by atoms with Crippen molar-refractivity contribution in [1.82, 2.24) is 0 Å². The molecule has 0 radical (unpaired) electrons. The van der Waals surface area contributed by atoms with E-state index in [0.29, 0.717) is 5.69 Å². The highest BCUT2D eigenvalue weighted by molar-refractivity contribution is 5.93. The van der Waals surface area contributed by atoms with Gasteiger partial charge in [0.05, 0.1) is 6.42 Å². The molecule has 0 fully saturated rings. The molecule has 0 aliphatic rings. The standard InChI is InChI=1S/C59H46N2O3/c1-2-40-64-59(63)39-38-58(62)60-54-30-22-47(23-31-54)44-12-14-45(15-13-44)49-26-34-56(35-27-49)61(55-32-24-48(25-33-55)42-8-4-3-5-9-42)57-36-28-50(29-37-57)46-16-18-51(19-17-46)53-21-20-43-10-6-7-11-52(43)41-53/h2-37,41H,1,38-40H2,(H,60,62). The first-order valence-electron chi connectivity index (χ1n) is 21.5. The Morgan fingerprint density at radius 1 is 0.422 bits per heavy atom. The predicted molar refractivity (Wildman–Crippen MR) is 265 cm³/mol. The average Bonchev–Trinajstić information content (AvgIpc) is 3.36. The second-order valence-corrected chi connectivity index (χ2v) is 15.7. The summed E-state index contributed by atoms with van der Waals surface area (Å²) in [5.74, 6) is -0.662. The molecule has 5 nitrogen and oxygen atoms in total. The quantitative estimate of drug-likeness (QED) is 0.0876. The summed E-state index contributed by atoms with van der Waals surface area (Å²) in [5.41, 5.74) is 15.3. The van der Waals surface area contributed by atoms with E-state index in [2.05, 4.69) is 205 Å². The molecule has 0 aromatic heterocycles. The molecule has 0 atom stereocenters. The van der Waals surface area contributed by atoms with E-state index < -0.39 is 5.97 Å². The van der Waals surface area contributed by atoms with Gasteiger partial charge in [-0.15, -0.1) is 0 Å². The third-order valence-electron chi connectivity index (χ3n) is 11.4. The number of carbonyl (C=O) groups is 2. The Morgan fingerprint density at radius 3 is 1.27 bits per heavy atom. The van der Waals surface area contributed by atoms with Crippen LogP contribution in [0.4, 0.5) is 22.7 Å². The molecule has 0 bridgehead atoms. The molecule has 0 aliphatic heterocycles. The summed E-state index contributed by atoms with van der Waals surface area (Å²) in [6.45, 7) is 3.67. The zero-order valence-electron chi connectivity index (χ0n) is 35.4. The summed E-state index contributed by atoms with van der Waals surface area (Å²) < 4.78 is 4.95. The van der Waals surface area contributed by atoms with Crippen LogP contribution in [0.3, 0.4) is 0 Å². The normalized spacial score (nSPS) is 10.9. The third-order valence-corrected chi connectivity index (χ3v) is 11.4. The molecule has 0 unspecified atom stereocenters. The maximum absolute atomic E-state index is 12.4. The smallest absolute Gasteiger partial charge is 0.306 e. The van der Waals surface area contributed by atoms with Crippen LogP contribution in [0.5, 0.6) is 0 Å². The Bertz CT molecular complexity index is 3010. The lowest BCUT2D eigenvalue weighted by atomic mass is 9.98. The molecular weight excluding hydrogens is 785 g/mol. The molecule has 0 heterocycles. The van der Waals surface area contributed by atoms with Crippen molar-refractivity contribution < 1.29 is 14.3 Å². The minimum absolute atomic E-state index is 0.0205. The molecule has 0 aliphatic carbocycles. The van der Waals surface area contributed by atoms with E-state index in [4.69, 9.17) is 4.74 Å². The summed E-state index contributed by atoms with van der Waals surface area (Å²) in [6.07, 6.45) is 1.57. The lowest BCUT2D eigenvalue weighted by Crippen LogP contribution is -2.14. The third kappa shape index (κ3) is 9.60. The van der Waals surface area contributed by atoms with Gasteiger partial charge in [-0.05, 0) is 121 Å². The number of nitrogens with one attached hydrogen (secondary N) is 1. The van der Waals surface area contributed by atoms with Gasteiger partial charge in [0.2, 0.25) is 5.91 Å². The van der Waals surface area contributed by atoms with Crippen molar-refractivity contribution in [1.29, 1.82) is 0 Å². The molecule has 5 heteroatoms. The van der Waals surface area contributed by atoms with Crippen LogP contribution in [0.25, 0.3) is 66.4 Å². The van der Waals surface area contributed by atoms with E-state index in [1.54, 1.807) is 0 Å². The monoisotopic (exact) mass is 830 g/mol. The molecule has 1 amide bonds. The summed E-state index contributed by atoms with van der Waals surface area (Å²) in [5, 5.41) is 5.34. The van der Waals surface area contributed by atoms with Crippen molar-refractivity contribution in [3.63, 3.8) is 0 Å². The predicted octanol–water partition coefficient (Wildman–Crippen LogP) is 15.1. The average molecular weight is 831 g/mol. The van der Waals surface area contributed by atoms with Gasteiger partial charge < -0.3 is 15.0 Å². The molecule has 64 heavy (non-hydrogen) atoms. The topological polar surface area (TPSA) is 58.6 Å². The molecule has 9 aromatic rings. The Kier molecular flexibility index (Phi) is 12.3. The van der Waals surface area contributed by atoms with Gasteiger partial charge in [-0.2, -0.15) is 0 Å². The van der Waals surface area contributed by atoms with Gasteiger partial charge in [0.25, 0.3) is 0 Å². The molecule has 9 aromatic carbocycles. The Hall–Kier alpha value is -8.28. The first-order valence-corrected chi connectivity index (χ1v) is 21.5. The van der Waals surface area contributed by atoms with Crippen LogP contribution in [0.15, 0.2) is 231 Å². The number of anilines is 4. The van der Waals surface area contributed by atoms with Crippen LogP contribution < -0.4 is 10.2 Å². The highest BCUT2D eigenvalue weighted by atomic mass is 16.5. The Labute approximate surface area is 374 Å². The molecule has 0 spiro atoms. The van der Waals surface area contributed by atoms with E-state index >= 15 is 0 Å². The van der Waals surface area contributed by atoms with Crippen molar-refractivity contribution in [3.8, 4) is 55.6 Å². The maximum atomic E-state index is 12.4. The van der Waals surface area contributed by atoms with Crippen LogP contribution in [-0.4, -0.2) is 18.5 Å². The van der Waals surface area contributed by atoms with Crippen LogP contribution in [0.1, 0.15) is 12.8 Å². The van der Waals surface area contributed by atoms with Gasteiger partial charge in [0, 0.05) is 29.2 Å². The van der Waals surface area contributed by atoms with Crippen molar-refractivity contribution in [2.45, 2.75) is 12.8 Å². The van der Waals surface area contributed by atoms with Crippen molar-refractivity contribution >= 4 is 45.4 Å². The zero-order valence-corrected chi connectivity index (χ0v) is 35.4. The number of rotatable bonds is 14.